The molecule has 0 bridgehead atoms. The number of benzene rings is 3. The molecule has 0 saturated heterocycles. The number of aryl methyl sites for hydroxylation is 1. The third kappa shape index (κ3) is 4.80. The first-order valence-corrected chi connectivity index (χ1v) is 10.2. The van der Waals surface area contributed by atoms with E-state index in [2.05, 4.69) is 16.4 Å². The van der Waals surface area contributed by atoms with Gasteiger partial charge in [0.25, 0.3) is 0 Å². The van der Waals surface area contributed by atoms with Crippen molar-refractivity contribution in [3.63, 3.8) is 0 Å². The first kappa shape index (κ1) is 20.8. The van der Waals surface area contributed by atoms with Gasteiger partial charge in [-0.3, -0.25) is 9.78 Å². The number of hydrogen-bond acceptors (Lipinski definition) is 3. The molecule has 154 valence electrons. The predicted molar refractivity (Wildman–Crippen MR) is 129 cm³/mol. The van der Waals surface area contributed by atoms with E-state index in [0.717, 1.165) is 33.2 Å². The van der Waals surface area contributed by atoms with Gasteiger partial charge >= 0.3 is 0 Å². The van der Waals surface area contributed by atoms with Crippen LogP contribution in [0.3, 0.4) is 0 Å². The molecule has 1 amide bonds. The van der Waals surface area contributed by atoms with Crippen molar-refractivity contribution in [2.75, 3.05) is 5.32 Å². The molecule has 1 N–H and O–H groups in total. The van der Waals surface area contributed by atoms with Crippen molar-refractivity contribution in [2.45, 2.75) is 6.92 Å². The highest BCUT2D eigenvalue weighted by molar-refractivity contribution is 6.06. The number of anilines is 1. The summed E-state index contributed by atoms with van der Waals surface area (Å²) in [6.45, 7) is 2.04. The summed E-state index contributed by atoms with van der Waals surface area (Å²) in [5, 5.41) is 14.1. The van der Waals surface area contributed by atoms with E-state index in [1.54, 1.807) is 24.5 Å². The lowest BCUT2D eigenvalue weighted by atomic mass is 9.95. The highest BCUT2D eigenvalue weighted by atomic mass is 16.1. The number of aromatic nitrogens is 1. The first-order valence-electron chi connectivity index (χ1n) is 10.2. The zero-order valence-electron chi connectivity index (χ0n) is 17.6. The zero-order valence-corrected chi connectivity index (χ0v) is 17.6. The van der Waals surface area contributed by atoms with Gasteiger partial charge in [0.15, 0.2) is 0 Å². The third-order valence-electron chi connectivity index (χ3n) is 5.11. The van der Waals surface area contributed by atoms with Crippen molar-refractivity contribution in [1.29, 1.82) is 5.26 Å². The summed E-state index contributed by atoms with van der Waals surface area (Å²) >= 11 is 0. The molecule has 4 heteroatoms. The molecular formula is C28H21N3O. The van der Waals surface area contributed by atoms with Gasteiger partial charge in [-0.2, -0.15) is 5.26 Å². The Morgan fingerprint density at radius 3 is 2.62 bits per heavy atom. The molecule has 0 saturated carbocycles. The summed E-state index contributed by atoms with van der Waals surface area (Å²) in [5.41, 5.74) is 5.36. The van der Waals surface area contributed by atoms with Crippen LogP contribution in [0, 0.1) is 18.3 Å². The molecule has 4 nitrogen and oxygen atoms in total. The van der Waals surface area contributed by atoms with Crippen molar-refractivity contribution >= 4 is 27.9 Å². The van der Waals surface area contributed by atoms with Crippen molar-refractivity contribution in [3.8, 4) is 6.07 Å². The highest BCUT2D eigenvalue weighted by Crippen LogP contribution is 2.25. The Labute approximate surface area is 187 Å². The number of carbonyl (C=O) groups is 1. The Hall–Kier alpha value is -4.49. The van der Waals surface area contributed by atoms with Crippen LogP contribution in [0.15, 0.2) is 103 Å². The minimum absolute atomic E-state index is 0.223. The lowest BCUT2D eigenvalue weighted by Crippen LogP contribution is -2.08. The van der Waals surface area contributed by atoms with Crippen LogP contribution in [-0.2, 0) is 4.79 Å². The molecule has 4 rings (SSSR count). The SMILES string of the molecule is Cc1ccc(/C(=C\C=C\C(=O)Nc2cccc3cnccc23)c2cccc(C#N)c2)cc1. The maximum atomic E-state index is 12.6. The maximum Gasteiger partial charge on any atom is 0.248 e. The molecule has 32 heavy (non-hydrogen) atoms. The number of carbonyl (C=O) groups excluding carboxylic acids is 1. The van der Waals surface area contributed by atoms with Crippen LogP contribution in [0.2, 0.25) is 0 Å². The second-order valence-corrected chi connectivity index (χ2v) is 7.39. The molecule has 0 aliphatic heterocycles. The van der Waals surface area contributed by atoms with Crippen LogP contribution < -0.4 is 5.32 Å². The van der Waals surface area contributed by atoms with Crippen LogP contribution in [-0.4, -0.2) is 10.9 Å². The lowest BCUT2D eigenvalue weighted by Gasteiger charge is -2.09. The van der Waals surface area contributed by atoms with E-state index in [9.17, 15) is 10.1 Å². The molecule has 1 heterocycles. The number of nitrogens with one attached hydrogen (secondary N) is 1. The quantitative estimate of drug-likeness (QED) is 0.319. The fourth-order valence-electron chi connectivity index (χ4n) is 3.49. The van der Waals surface area contributed by atoms with Crippen LogP contribution in [0.5, 0.6) is 0 Å². The van der Waals surface area contributed by atoms with Gasteiger partial charge in [-0.25, -0.2) is 0 Å². The molecule has 0 aliphatic carbocycles. The zero-order chi connectivity index (χ0) is 22.3. The molecular weight excluding hydrogens is 394 g/mol. The van der Waals surface area contributed by atoms with E-state index in [1.165, 1.54) is 11.6 Å². The number of allylic oxidation sites excluding steroid dienone is 2. The number of hydrogen-bond donors (Lipinski definition) is 1. The van der Waals surface area contributed by atoms with E-state index in [1.807, 2.05) is 79.7 Å². The summed E-state index contributed by atoms with van der Waals surface area (Å²) in [6.07, 6.45) is 8.61. The second-order valence-electron chi connectivity index (χ2n) is 7.39. The fraction of sp³-hybridized carbons (Fsp3) is 0.0357. The molecule has 3 aromatic carbocycles. The number of rotatable bonds is 5. The number of nitriles is 1. The monoisotopic (exact) mass is 415 g/mol. The van der Waals surface area contributed by atoms with Gasteiger partial charge in [0.2, 0.25) is 5.91 Å². The van der Waals surface area contributed by atoms with Crippen LogP contribution in [0.1, 0.15) is 22.3 Å². The van der Waals surface area contributed by atoms with Gasteiger partial charge in [0, 0.05) is 34.9 Å². The molecule has 0 unspecified atom stereocenters. The Balaban J connectivity index is 1.62. The molecule has 1 aromatic heterocycles. The molecule has 0 radical (unpaired) electrons. The van der Waals surface area contributed by atoms with Gasteiger partial charge in [0.05, 0.1) is 11.6 Å². The van der Waals surface area contributed by atoms with Crippen LogP contribution >= 0.6 is 0 Å². The Kier molecular flexibility index (Phi) is 6.20. The Morgan fingerprint density at radius 1 is 1.00 bits per heavy atom. The summed E-state index contributed by atoms with van der Waals surface area (Å²) < 4.78 is 0. The average molecular weight is 415 g/mol. The molecule has 0 atom stereocenters. The number of fused-ring (bicyclic) bond motifs is 1. The lowest BCUT2D eigenvalue weighted by molar-refractivity contribution is -0.111. The normalized spacial score (nSPS) is 11.4. The molecule has 4 aromatic rings. The minimum Gasteiger partial charge on any atom is -0.322 e. The van der Waals surface area contributed by atoms with E-state index in [-0.39, 0.29) is 5.91 Å². The van der Waals surface area contributed by atoms with E-state index >= 15 is 0 Å². The maximum absolute atomic E-state index is 12.6. The number of amides is 1. The van der Waals surface area contributed by atoms with Gasteiger partial charge in [-0.05, 0) is 47.9 Å². The van der Waals surface area contributed by atoms with Gasteiger partial charge in [0.1, 0.15) is 0 Å². The van der Waals surface area contributed by atoms with Crippen molar-refractivity contribution in [3.05, 3.63) is 126 Å². The van der Waals surface area contributed by atoms with Crippen molar-refractivity contribution < 1.29 is 4.79 Å². The standard InChI is InChI=1S/C28H21N3O/c1-20-11-13-22(14-12-20)25(23-6-2-5-21(17-23)18-29)8-4-10-28(32)31-27-9-3-7-24-19-30-16-15-26(24)27/h2-17,19H,1H3,(H,31,32)/b10-4+,25-8+. The van der Waals surface area contributed by atoms with E-state index in [4.69, 9.17) is 0 Å². The number of pyridine rings is 1. The minimum atomic E-state index is -0.223. The van der Waals surface area contributed by atoms with Crippen LogP contribution in [0.25, 0.3) is 16.3 Å². The largest absolute Gasteiger partial charge is 0.322 e. The average Bonchev–Trinajstić information content (AvgIpc) is 2.83. The summed E-state index contributed by atoms with van der Waals surface area (Å²) in [7, 11) is 0. The summed E-state index contributed by atoms with van der Waals surface area (Å²) in [6, 6.07) is 25.4. The topological polar surface area (TPSA) is 65.8 Å². The summed E-state index contributed by atoms with van der Waals surface area (Å²) in [4.78, 5) is 16.7. The smallest absolute Gasteiger partial charge is 0.248 e. The van der Waals surface area contributed by atoms with Gasteiger partial charge in [-0.1, -0.05) is 66.2 Å². The first-order chi connectivity index (χ1) is 15.6. The fourth-order valence-corrected chi connectivity index (χ4v) is 3.49. The summed E-state index contributed by atoms with van der Waals surface area (Å²) in [5.74, 6) is -0.223. The molecule has 0 fully saturated rings. The molecule has 0 aliphatic rings. The van der Waals surface area contributed by atoms with Crippen molar-refractivity contribution in [1.82, 2.24) is 4.98 Å². The Morgan fingerprint density at radius 2 is 1.81 bits per heavy atom. The molecule has 0 spiro atoms. The van der Waals surface area contributed by atoms with E-state index < -0.39 is 0 Å². The van der Waals surface area contributed by atoms with Crippen LogP contribution in [0.4, 0.5) is 5.69 Å². The van der Waals surface area contributed by atoms with Gasteiger partial charge < -0.3 is 5.32 Å². The highest BCUT2D eigenvalue weighted by Gasteiger charge is 2.06. The number of nitrogens with zero attached hydrogens (tertiary/aromatic N) is 2. The second kappa shape index (κ2) is 9.55. The van der Waals surface area contributed by atoms with Crippen molar-refractivity contribution in [2.24, 2.45) is 0 Å². The van der Waals surface area contributed by atoms with E-state index in [0.29, 0.717) is 5.56 Å². The third-order valence-corrected chi connectivity index (χ3v) is 5.11. The predicted octanol–water partition coefficient (Wildman–Crippen LogP) is 6.04. The van der Waals surface area contributed by atoms with Gasteiger partial charge in [-0.15, -0.1) is 0 Å². The Bertz CT molecular complexity index is 1370.